The number of anilines is 1. The Morgan fingerprint density at radius 2 is 1.88 bits per heavy atom. The van der Waals surface area contributed by atoms with Crippen molar-refractivity contribution in [3.63, 3.8) is 0 Å². The Morgan fingerprint density at radius 1 is 1.12 bits per heavy atom. The summed E-state index contributed by atoms with van der Waals surface area (Å²) >= 11 is 0. The summed E-state index contributed by atoms with van der Waals surface area (Å²) < 4.78 is 13.8. The fourth-order valence-electron chi connectivity index (χ4n) is 5.39. The Balaban J connectivity index is 1.59. The second-order valence-electron chi connectivity index (χ2n) is 8.73. The van der Waals surface area contributed by atoms with E-state index in [4.69, 9.17) is 5.26 Å². The zero-order valence-corrected chi connectivity index (χ0v) is 18.3. The average molecular weight is 442 g/mol. The summed E-state index contributed by atoms with van der Waals surface area (Å²) in [7, 11) is 1.98. The monoisotopic (exact) mass is 441 g/mol. The lowest BCUT2D eigenvalue weighted by Crippen LogP contribution is -2.48. The first-order valence-corrected chi connectivity index (χ1v) is 11.1. The molecule has 1 N–H and O–H groups in total. The molecule has 0 aliphatic carbocycles. The predicted octanol–water partition coefficient (Wildman–Crippen LogP) is 4.38. The number of nitrogens with zero attached hydrogens (tertiary/aromatic N) is 3. The van der Waals surface area contributed by atoms with Crippen LogP contribution in [-0.4, -0.2) is 42.2 Å². The van der Waals surface area contributed by atoms with Crippen LogP contribution in [0.3, 0.4) is 0 Å². The molecule has 0 aromatic heterocycles. The Morgan fingerprint density at radius 3 is 2.58 bits per heavy atom. The molecular weight excluding hydrogens is 417 g/mol. The lowest BCUT2D eigenvalue weighted by molar-refractivity contribution is 0.0693. The molecule has 166 valence electrons. The molecule has 1 amide bonds. The van der Waals surface area contributed by atoms with Gasteiger partial charge in [-0.15, -0.1) is 0 Å². The van der Waals surface area contributed by atoms with Crippen molar-refractivity contribution in [1.29, 1.82) is 5.26 Å². The third kappa shape index (κ3) is 3.55. The number of carbonyl (C=O) groups is 1. The van der Waals surface area contributed by atoms with Crippen LogP contribution in [-0.2, 0) is 0 Å². The van der Waals surface area contributed by atoms with Gasteiger partial charge in [0.15, 0.2) is 0 Å². The van der Waals surface area contributed by atoms with E-state index in [1.54, 1.807) is 24.3 Å². The Hall–Kier alpha value is -3.69. The molecule has 5 nitrogen and oxygen atoms in total. The first-order valence-electron chi connectivity index (χ1n) is 11.1. The van der Waals surface area contributed by atoms with E-state index in [0.29, 0.717) is 17.7 Å². The van der Waals surface area contributed by atoms with Crippen LogP contribution in [0, 0.1) is 23.1 Å². The van der Waals surface area contributed by atoms with Gasteiger partial charge in [0.2, 0.25) is 0 Å². The molecule has 0 spiro atoms. The van der Waals surface area contributed by atoms with E-state index in [-0.39, 0.29) is 30.5 Å². The van der Waals surface area contributed by atoms with Crippen LogP contribution in [0.1, 0.15) is 33.9 Å². The third-order valence-corrected chi connectivity index (χ3v) is 7.03. The minimum Gasteiger partial charge on any atom is -0.394 e. The molecule has 3 atom stereocenters. The number of likely N-dealkylation sites (tertiary alicyclic amines) is 1. The van der Waals surface area contributed by atoms with Crippen molar-refractivity contribution < 1.29 is 14.3 Å². The molecule has 3 aromatic rings. The van der Waals surface area contributed by atoms with E-state index in [2.05, 4.69) is 17.0 Å². The van der Waals surface area contributed by atoms with Crippen LogP contribution in [0.15, 0.2) is 66.7 Å². The smallest absolute Gasteiger partial charge is 0.254 e. The molecule has 1 fully saturated rings. The minimum absolute atomic E-state index is 0.00350. The zero-order valence-electron chi connectivity index (χ0n) is 18.3. The first kappa shape index (κ1) is 21.2. The standard InChI is InChI=1S/C27H24FN3O2/c1-30-24-10-9-19(18-7-5-17(15-29)6-8-18)14-23(24)26-22(25(30)16-32)11-12-31(26)27(33)20-3-2-4-21(28)13-20/h2-10,13-14,22,25-26,32H,11-12,16H2,1H3/t22-,25+,26-/m1/s1. The van der Waals surface area contributed by atoms with Gasteiger partial charge < -0.3 is 14.9 Å². The highest BCUT2D eigenvalue weighted by Crippen LogP contribution is 2.49. The molecule has 0 radical (unpaired) electrons. The minimum atomic E-state index is -0.434. The van der Waals surface area contributed by atoms with Gasteiger partial charge in [-0.25, -0.2) is 4.39 Å². The lowest BCUT2D eigenvalue weighted by atomic mass is 9.81. The van der Waals surface area contributed by atoms with Crippen molar-refractivity contribution in [2.24, 2.45) is 5.92 Å². The highest BCUT2D eigenvalue weighted by Gasteiger charge is 2.47. The Bertz CT molecular complexity index is 1250. The van der Waals surface area contributed by atoms with Crippen molar-refractivity contribution in [2.45, 2.75) is 18.5 Å². The molecule has 0 saturated carbocycles. The molecule has 1 saturated heterocycles. The molecule has 2 aliphatic rings. The lowest BCUT2D eigenvalue weighted by Gasteiger charge is -2.44. The van der Waals surface area contributed by atoms with Crippen molar-refractivity contribution in [1.82, 2.24) is 4.90 Å². The van der Waals surface area contributed by atoms with Gasteiger partial charge in [-0.3, -0.25) is 4.79 Å². The Labute approximate surface area is 192 Å². The van der Waals surface area contributed by atoms with Crippen molar-refractivity contribution in [3.05, 3.63) is 89.2 Å². The fraction of sp³-hybridized carbons (Fsp3) is 0.259. The molecular formula is C27H24FN3O2. The highest BCUT2D eigenvalue weighted by atomic mass is 19.1. The molecule has 5 rings (SSSR count). The number of carbonyl (C=O) groups excluding carboxylic acids is 1. The van der Waals surface area contributed by atoms with Gasteiger partial charge in [0.05, 0.1) is 30.3 Å². The normalized spacial score (nSPS) is 21.3. The topological polar surface area (TPSA) is 67.6 Å². The first-order chi connectivity index (χ1) is 16.0. The summed E-state index contributed by atoms with van der Waals surface area (Å²) in [6.07, 6.45) is 0.766. The number of likely N-dealkylation sites (N-methyl/N-ethyl adjacent to an activating group) is 1. The SMILES string of the molecule is CN1c2ccc(-c3ccc(C#N)cc3)cc2[C@H]2[C@H](CCN2C(=O)c2cccc(F)c2)[C@@H]1CO. The van der Waals surface area contributed by atoms with Gasteiger partial charge in [-0.1, -0.05) is 24.3 Å². The second kappa shape index (κ2) is 8.34. The number of fused-ring (bicyclic) bond motifs is 3. The van der Waals surface area contributed by atoms with E-state index in [9.17, 15) is 14.3 Å². The molecule has 0 bridgehead atoms. The summed E-state index contributed by atoms with van der Waals surface area (Å²) in [4.78, 5) is 17.4. The van der Waals surface area contributed by atoms with Crippen LogP contribution in [0.4, 0.5) is 10.1 Å². The van der Waals surface area contributed by atoms with Crippen molar-refractivity contribution in [2.75, 3.05) is 25.1 Å². The number of nitriles is 1. The molecule has 0 unspecified atom stereocenters. The number of aliphatic hydroxyl groups is 1. The summed E-state index contributed by atoms with van der Waals surface area (Å²) in [6.45, 7) is 0.548. The van der Waals surface area contributed by atoms with E-state index in [0.717, 1.165) is 28.8 Å². The largest absolute Gasteiger partial charge is 0.394 e. The molecule has 6 heteroatoms. The maximum absolute atomic E-state index is 13.8. The summed E-state index contributed by atoms with van der Waals surface area (Å²) in [5, 5.41) is 19.3. The van der Waals surface area contributed by atoms with Gasteiger partial charge in [-0.05, 0) is 65.6 Å². The van der Waals surface area contributed by atoms with Crippen LogP contribution in [0.25, 0.3) is 11.1 Å². The zero-order chi connectivity index (χ0) is 23.1. The Kier molecular flexibility index (Phi) is 5.35. The maximum Gasteiger partial charge on any atom is 0.254 e. The second-order valence-corrected chi connectivity index (χ2v) is 8.73. The van der Waals surface area contributed by atoms with Gasteiger partial charge in [-0.2, -0.15) is 5.26 Å². The number of amides is 1. The fourth-order valence-corrected chi connectivity index (χ4v) is 5.39. The summed E-state index contributed by atoms with van der Waals surface area (Å²) in [6, 6.07) is 21.2. The number of hydrogen-bond donors (Lipinski definition) is 1. The molecule has 2 heterocycles. The molecule has 2 aliphatic heterocycles. The van der Waals surface area contributed by atoms with E-state index in [1.807, 2.05) is 36.2 Å². The number of aliphatic hydroxyl groups excluding tert-OH is 1. The van der Waals surface area contributed by atoms with Crippen molar-refractivity contribution in [3.8, 4) is 17.2 Å². The van der Waals surface area contributed by atoms with Crippen LogP contribution < -0.4 is 4.90 Å². The maximum atomic E-state index is 13.8. The molecule has 33 heavy (non-hydrogen) atoms. The third-order valence-electron chi connectivity index (χ3n) is 7.03. The number of benzene rings is 3. The van der Waals surface area contributed by atoms with Gasteiger partial charge in [0, 0.05) is 30.8 Å². The van der Waals surface area contributed by atoms with E-state index in [1.165, 1.54) is 12.1 Å². The summed E-state index contributed by atoms with van der Waals surface area (Å²) in [5.74, 6) is -0.559. The van der Waals surface area contributed by atoms with Gasteiger partial charge in [0.25, 0.3) is 5.91 Å². The van der Waals surface area contributed by atoms with Crippen LogP contribution in [0.2, 0.25) is 0 Å². The average Bonchev–Trinajstić information content (AvgIpc) is 3.29. The van der Waals surface area contributed by atoms with Crippen molar-refractivity contribution >= 4 is 11.6 Å². The van der Waals surface area contributed by atoms with Gasteiger partial charge in [0.1, 0.15) is 5.82 Å². The molecule has 3 aromatic carbocycles. The van der Waals surface area contributed by atoms with Crippen LogP contribution >= 0.6 is 0 Å². The number of rotatable bonds is 3. The number of halogens is 1. The van der Waals surface area contributed by atoms with E-state index >= 15 is 0 Å². The van der Waals surface area contributed by atoms with Gasteiger partial charge >= 0.3 is 0 Å². The van der Waals surface area contributed by atoms with Crippen LogP contribution in [0.5, 0.6) is 0 Å². The quantitative estimate of drug-likeness (QED) is 0.655. The number of hydrogen-bond acceptors (Lipinski definition) is 4. The predicted molar refractivity (Wildman–Crippen MR) is 124 cm³/mol. The highest BCUT2D eigenvalue weighted by molar-refractivity contribution is 5.95. The summed E-state index contributed by atoms with van der Waals surface area (Å²) in [5.41, 5.74) is 4.92. The van der Waals surface area contributed by atoms with E-state index < -0.39 is 5.82 Å².